The van der Waals surface area contributed by atoms with Crippen LogP contribution in [0.1, 0.15) is 31.4 Å². The Balaban J connectivity index is 2.15. The van der Waals surface area contributed by atoms with E-state index in [2.05, 4.69) is 0 Å². The first-order chi connectivity index (χ1) is 10.1. The molecule has 0 aliphatic heterocycles. The molecule has 21 heavy (non-hydrogen) atoms. The van der Waals surface area contributed by atoms with Gasteiger partial charge >= 0.3 is 5.97 Å². The molecule has 4 heteroatoms. The van der Waals surface area contributed by atoms with Gasteiger partial charge in [-0.05, 0) is 29.2 Å². The first-order valence-corrected chi connectivity index (χ1v) is 7.09. The number of nitrogens with zero attached hydrogens (tertiary/aromatic N) is 1. The number of hydrogen-bond donors (Lipinski definition) is 1. The topological polar surface area (TPSA) is 57.6 Å². The summed E-state index contributed by atoms with van der Waals surface area (Å²) < 4.78 is 0. The maximum atomic E-state index is 11.9. The summed E-state index contributed by atoms with van der Waals surface area (Å²) in [5.41, 5.74) is 0.683. The van der Waals surface area contributed by atoms with Gasteiger partial charge in [-0.25, -0.2) is 4.79 Å². The first kappa shape index (κ1) is 13.6. The zero-order valence-corrected chi connectivity index (χ0v) is 11.8. The van der Waals surface area contributed by atoms with Crippen LogP contribution in [0.3, 0.4) is 0 Å². The predicted octanol–water partition coefficient (Wildman–Crippen LogP) is 2.98. The highest BCUT2D eigenvalue weighted by Crippen LogP contribution is 2.37. The lowest BCUT2D eigenvalue weighted by atomic mass is 9.97. The summed E-state index contributed by atoms with van der Waals surface area (Å²) in [6, 6.07) is 12.4. The normalized spacial score (nSPS) is 15.7. The molecule has 0 bridgehead atoms. The Morgan fingerprint density at radius 2 is 1.81 bits per heavy atom. The third-order valence-electron chi connectivity index (χ3n) is 3.93. The molecule has 1 aliphatic carbocycles. The third-order valence-corrected chi connectivity index (χ3v) is 3.93. The van der Waals surface area contributed by atoms with Gasteiger partial charge in [0.25, 0.3) is 0 Å². The van der Waals surface area contributed by atoms with E-state index in [-0.39, 0.29) is 11.9 Å². The Kier molecular flexibility index (Phi) is 3.37. The molecular formula is C17H17NO3. The molecule has 0 aromatic heterocycles. The van der Waals surface area contributed by atoms with E-state index in [9.17, 15) is 14.7 Å². The van der Waals surface area contributed by atoms with Gasteiger partial charge in [0.15, 0.2) is 6.04 Å². The van der Waals surface area contributed by atoms with Crippen molar-refractivity contribution in [3.63, 3.8) is 0 Å². The second-order valence-electron chi connectivity index (χ2n) is 5.47. The van der Waals surface area contributed by atoms with Crippen LogP contribution in [0.25, 0.3) is 10.8 Å². The summed E-state index contributed by atoms with van der Waals surface area (Å²) in [4.78, 5) is 25.3. The highest BCUT2D eigenvalue weighted by atomic mass is 16.4. The Bertz CT molecular complexity index is 701. The second kappa shape index (κ2) is 5.20. The van der Waals surface area contributed by atoms with Gasteiger partial charge in [-0.2, -0.15) is 0 Å². The Morgan fingerprint density at radius 3 is 2.43 bits per heavy atom. The molecule has 1 saturated carbocycles. The van der Waals surface area contributed by atoms with Crippen LogP contribution in [0.2, 0.25) is 0 Å². The monoisotopic (exact) mass is 283 g/mol. The van der Waals surface area contributed by atoms with Crippen LogP contribution in [0, 0.1) is 0 Å². The number of aliphatic carboxylic acids is 1. The zero-order valence-electron chi connectivity index (χ0n) is 11.8. The van der Waals surface area contributed by atoms with Crippen LogP contribution >= 0.6 is 0 Å². The van der Waals surface area contributed by atoms with Crippen molar-refractivity contribution in [3.05, 3.63) is 48.0 Å². The predicted molar refractivity (Wildman–Crippen MR) is 79.9 cm³/mol. The highest BCUT2D eigenvalue weighted by Gasteiger charge is 2.40. The molecule has 0 spiro atoms. The average Bonchev–Trinajstić information content (AvgIpc) is 3.28. The van der Waals surface area contributed by atoms with E-state index in [1.165, 1.54) is 11.8 Å². The number of carboxylic acid groups (broad SMARTS) is 1. The number of rotatable bonds is 4. The Labute approximate surface area is 123 Å². The minimum absolute atomic E-state index is 0.0579. The number of fused-ring (bicyclic) bond motifs is 1. The summed E-state index contributed by atoms with van der Waals surface area (Å²) in [6.07, 6.45) is 1.77. The van der Waals surface area contributed by atoms with Gasteiger partial charge in [-0.1, -0.05) is 42.5 Å². The van der Waals surface area contributed by atoms with Gasteiger partial charge in [0.05, 0.1) is 0 Å². The van der Waals surface area contributed by atoms with Crippen molar-refractivity contribution >= 4 is 22.6 Å². The van der Waals surface area contributed by atoms with Crippen LogP contribution < -0.4 is 0 Å². The SMILES string of the molecule is CC(=O)N(C1CC1)C(C(=O)O)c1cccc2ccccc12. The summed E-state index contributed by atoms with van der Waals surface area (Å²) in [7, 11) is 0. The molecule has 1 N–H and O–H groups in total. The van der Waals surface area contributed by atoms with Crippen LogP contribution in [-0.2, 0) is 9.59 Å². The lowest BCUT2D eigenvalue weighted by Gasteiger charge is -2.29. The van der Waals surface area contributed by atoms with Crippen molar-refractivity contribution in [2.75, 3.05) is 0 Å². The Morgan fingerprint density at radius 1 is 1.14 bits per heavy atom. The molecule has 0 radical (unpaired) electrons. The van der Waals surface area contributed by atoms with Crippen LogP contribution in [0.4, 0.5) is 0 Å². The highest BCUT2D eigenvalue weighted by molar-refractivity contribution is 5.92. The molecule has 4 nitrogen and oxygen atoms in total. The number of carbonyl (C=O) groups is 2. The average molecular weight is 283 g/mol. The first-order valence-electron chi connectivity index (χ1n) is 7.09. The third kappa shape index (κ3) is 2.49. The smallest absolute Gasteiger partial charge is 0.331 e. The summed E-state index contributed by atoms with van der Waals surface area (Å²) in [5.74, 6) is -1.16. The van der Waals surface area contributed by atoms with Crippen molar-refractivity contribution in [1.82, 2.24) is 4.90 Å². The van der Waals surface area contributed by atoms with Crippen molar-refractivity contribution in [3.8, 4) is 0 Å². The van der Waals surface area contributed by atoms with Gasteiger partial charge < -0.3 is 10.0 Å². The second-order valence-corrected chi connectivity index (χ2v) is 5.47. The van der Waals surface area contributed by atoms with Gasteiger partial charge in [-0.15, -0.1) is 0 Å². The fraction of sp³-hybridized carbons (Fsp3) is 0.294. The quantitative estimate of drug-likeness (QED) is 0.938. The molecule has 0 saturated heterocycles. The van der Waals surface area contributed by atoms with E-state index in [0.717, 1.165) is 23.6 Å². The molecule has 3 rings (SSSR count). The summed E-state index contributed by atoms with van der Waals surface area (Å²) in [5, 5.41) is 11.6. The lowest BCUT2D eigenvalue weighted by molar-refractivity contribution is -0.150. The minimum atomic E-state index is -0.978. The fourth-order valence-corrected chi connectivity index (χ4v) is 2.89. The van der Waals surface area contributed by atoms with E-state index in [4.69, 9.17) is 0 Å². The molecular weight excluding hydrogens is 266 g/mol. The van der Waals surface area contributed by atoms with Crippen LogP contribution in [0.5, 0.6) is 0 Å². The largest absolute Gasteiger partial charge is 0.479 e. The lowest BCUT2D eigenvalue weighted by Crippen LogP contribution is -2.39. The fourth-order valence-electron chi connectivity index (χ4n) is 2.89. The summed E-state index contributed by atoms with van der Waals surface area (Å²) in [6.45, 7) is 1.44. The number of amides is 1. The van der Waals surface area contributed by atoms with Crippen molar-refractivity contribution in [2.24, 2.45) is 0 Å². The minimum Gasteiger partial charge on any atom is -0.479 e. The van der Waals surface area contributed by atoms with E-state index in [1.807, 2.05) is 36.4 Å². The standard InChI is InChI=1S/C17H17NO3/c1-11(19)18(13-9-10-13)16(17(20)21)15-8-4-6-12-5-2-3-7-14(12)15/h2-8,13,16H,9-10H2,1H3,(H,20,21). The molecule has 0 heterocycles. The number of carbonyl (C=O) groups excluding carboxylic acids is 1. The van der Waals surface area contributed by atoms with Crippen LogP contribution in [-0.4, -0.2) is 27.9 Å². The van der Waals surface area contributed by atoms with Gasteiger partial charge in [0.1, 0.15) is 0 Å². The van der Waals surface area contributed by atoms with Crippen molar-refractivity contribution < 1.29 is 14.7 Å². The maximum absolute atomic E-state index is 11.9. The maximum Gasteiger partial charge on any atom is 0.331 e. The van der Waals surface area contributed by atoms with Crippen molar-refractivity contribution in [1.29, 1.82) is 0 Å². The van der Waals surface area contributed by atoms with Gasteiger partial charge in [0.2, 0.25) is 5.91 Å². The molecule has 1 unspecified atom stereocenters. The summed E-state index contributed by atoms with van der Waals surface area (Å²) >= 11 is 0. The van der Waals surface area contributed by atoms with E-state index >= 15 is 0 Å². The zero-order chi connectivity index (χ0) is 15.0. The molecule has 1 atom stereocenters. The number of carboxylic acids is 1. The molecule has 108 valence electrons. The van der Waals surface area contributed by atoms with E-state index in [0.29, 0.717) is 5.56 Å². The van der Waals surface area contributed by atoms with Crippen LogP contribution in [0.15, 0.2) is 42.5 Å². The molecule has 2 aromatic rings. The van der Waals surface area contributed by atoms with Gasteiger partial charge in [-0.3, -0.25) is 4.79 Å². The van der Waals surface area contributed by atoms with Crippen molar-refractivity contribution in [2.45, 2.75) is 31.8 Å². The molecule has 2 aromatic carbocycles. The van der Waals surface area contributed by atoms with Gasteiger partial charge in [0, 0.05) is 13.0 Å². The molecule has 1 fully saturated rings. The molecule has 1 aliphatic rings. The number of hydrogen-bond acceptors (Lipinski definition) is 2. The van der Waals surface area contributed by atoms with E-state index < -0.39 is 12.0 Å². The van der Waals surface area contributed by atoms with E-state index in [1.54, 1.807) is 6.07 Å². The number of benzene rings is 2. The molecule has 1 amide bonds. The Hall–Kier alpha value is -2.36.